The molecule has 4 heterocycles. The van der Waals surface area contributed by atoms with Crippen LogP contribution in [0, 0.1) is 6.92 Å². The van der Waals surface area contributed by atoms with Crippen molar-refractivity contribution < 1.29 is 9.21 Å². The SMILES string of the molecule is Cc1ccc(C(=O)N2CCn3c(CN4CCN(C)CC4)cnc3C2C)o1. The largest absolute Gasteiger partial charge is 0.456 e. The van der Waals surface area contributed by atoms with Gasteiger partial charge < -0.3 is 18.8 Å². The van der Waals surface area contributed by atoms with E-state index >= 15 is 0 Å². The van der Waals surface area contributed by atoms with Crippen molar-refractivity contribution in [1.29, 1.82) is 0 Å². The summed E-state index contributed by atoms with van der Waals surface area (Å²) in [4.78, 5) is 24.1. The van der Waals surface area contributed by atoms with E-state index in [0.29, 0.717) is 12.3 Å². The maximum atomic E-state index is 12.8. The number of hydrogen-bond acceptors (Lipinski definition) is 5. The van der Waals surface area contributed by atoms with Crippen molar-refractivity contribution in [3.05, 3.63) is 41.4 Å². The Balaban J connectivity index is 1.48. The van der Waals surface area contributed by atoms with Gasteiger partial charge in [0.15, 0.2) is 5.76 Å². The van der Waals surface area contributed by atoms with E-state index < -0.39 is 0 Å². The lowest BCUT2D eigenvalue weighted by atomic mass is 10.2. The average Bonchev–Trinajstić information content (AvgIpc) is 3.24. The van der Waals surface area contributed by atoms with Gasteiger partial charge in [-0.2, -0.15) is 0 Å². The van der Waals surface area contributed by atoms with Crippen molar-refractivity contribution >= 4 is 5.91 Å². The number of amides is 1. The molecule has 2 aliphatic heterocycles. The fourth-order valence-corrected chi connectivity index (χ4v) is 3.89. The fourth-order valence-electron chi connectivity index (χ4n) is 3.89. The summed E-state index contributed by atoms with van der Waals surface area (Å²) < 4.78 is 7.81. The van der Waals surface area contributed by atoms with Crippen LogP contribution in [0.15, 0.2) is 22.7 Å². The number of carbonyl (C=O) groups is 1. The Labute approximate surface area is 154 Å². The molecular weight excluding hydrogens is 330 g/mol. The first kappa shape index (κ1) is 17.3. The molecule has 4 rings (SSSR count). The molecule has 0 aliphatic carbocycles. The molecule has 1 unspecified atom stereocenters. The molecular formula is C19H27N5O2. The second-order valence-corrected chi connectivity index (χ2v) is 7.42. The van der Waals surface area contributed by atoms with Crippen molar-refractivity contribution in [3.8, 4) is 0 Å². The van der Waals surface area contributed by atoms with Crippen molar-refractivity contribution in [2.45, 2.75) is 33.0 Å². The molecule has 0 spiro atoms. The van der Waals surface area contributed by atoms with Crippen LogP contribution >= 0.6 is 0 Å². The molecule has 7 nitrogen and oxygen atoms in total. The first-order valence-corrected chi connectivity index (χ1v) is 9.35. The van der Waals surface area contributed by atoms with Gasteiger partial charge in [-0.05, 0) is 33.0 Å². The van der Waals surface area contributed by atoms with E-state index in [2.05, 4.69) is 26.4 Å². The van der Waals surface area contributed by atoms with Gasteiger partial charge in [0, 0.05) is 52.0 Å². The van der Waals surface area contributed by atoms with Crippen molar-refractivity contribution in [2.75, 3.05) is 39.8 Å². The summed E-state index contributed by atoms with van der Waals surface area (Å²) in [5, 5.41) is 0. The number of carbonyl (C=O) groups excluding carboxylic acids is 1. The second kappa shape index (κ2) is 6.89. The second-order valence-electron chi connectivity index (χ2n) is 7.42. The number of piperazine rings is 1. The van der Waals surface area contributed by atoms with Crippen LogP contribution in [0.1, 0.15) is 40.8 Å². The number of aromatic nitrogens is 2. The third kappa shape index (κ3) is 3.17. The van der Waals surface area contributed by atoms with E-state index in [9.17, 15) is 4.79 Å². The molecule has 0 radical (unpaired) electrons. The molecule has 1 amide bonds. The molecule has 26 heavy (non-hydrogen) atoms. The van der Waals surface area contributed by atoms with E-state index in [4.69, 9.17) is 4.42 Å². The highest BCUT2D eigenvalue weighted by molar-refractivity contribution is 5.91. The van der Waals surface area contributed by atoms with Gasteiger partial charge in [0.05, 0.1) is 11.7 Å². The van der Waals surface area contributed by atoms with Crippen LogP contribution in [0.5, 0.6) is 0 Å². The van der Waals surface area contributed by atoms with Gasteiger partial charge in [-0.1, -0.05) is 0 Å². The number of nitrogens with zero attached hydrogens (tertiary/aromatic N) is 5. The van der Waals surface area contributed by atoms with Crippen LogP contribution in [0.2, 0.25) is 0 Å². The summed E-state index contributed by atoms with van der Waals surface area (Å²) in [5.74, 6) is 2.08. The normalized spacial score (nSPS) is 21.8. The Hall–Kier alpha value is -2.12. The van der Waals surface area contributed by atoms with Crippen LogP contribution in [-0.2, 0) is 13.1 Å². The summed E-state index contributed by atoms with van der Waals surface area (Å²) in [5.41, 5.74) is 1.25. The first-order chi connectivity index (χ1) is 12.5. The molecule has 7 heteroatoms. The van der Waals surface area contributed by atoms with Crippen LogP contribution in [0.25, 0.3) is 0 Å². The van der Waals surface area contributed by atoms with Gasteiger partial charge in [0.1, 0.15) is 11.6 Å². The van der Waals surface area contributed by atoms with Crippen LogP contribution in [0.4, 0.5) is 0 Å². The maximum Gasteiger partial charge on any atom is 0.290 e. The Bertz CT molecular complexity index is 788. The molecule has 2 aliphatic rings. The molecule has 2 aromatic heterocycles. The summed E-state index contributed by atoms with van der Waals surface area (Å²) >= 11 is 0. The zero-order chi connectivity index (χ0) is 18.3. The van der Waals surface area contributed by atoms with Crippen molar-refractivity contribution in [3.63, 3.8) is 0 Å². The molecule has 1 saturated heterocycles. The molecule has 1 fully saturated rings. The molecule has 1 atom stereocenters. The highest BCUT2D eigenvalue weighted by Crippen LogP contribution is 2.27. The minimum Gasteiger partial charge on any atom is -0.456 e. The van der Waals surface area contributed by atoms with E-state index in [1.165, 1.54) is 5.69 Å². The highest BCUT2D eigenvalue weighted by Gasteiger charge is 2.32. The monoisotopic (exact) mass is 357 g/mol. The summed E-state index contributed by atoms with van der Waals surface area (Å²) in [6.07, 6.45) is 1.98. The third-order valence-corrected chi connectivity index (χ3v) is 5.57. The number of hydrogen-bond donors (Lipinski definition) is 0. The lowest BCUT2D eigenvalue weighted by Gasteiger charge is -2.35. The minimum absolute atomic E-state index is 0.0529. The minimum atomic E-state index is -0.0551. The zero-order valence-corrected chi connectivity index (χ0v) is 15.8. The number of rotatable bonds is 3. The van der Waals surface area contributed by atoms with Crippen molar-refractivity contribution in [1.82, 2.24) is 24.3 Å². The molecule has 140 valence electrons. The Morgan fingerprint density at radius 3 is 2.65 bits per heavy atom. The van der Waals surface area contributed by atoms with Gasteiger partial charge in [0.25, 0.3) is 5.91 Å². The van der Waals surface area contributed by atoms with Gasteiger partial charge >= 0.3 is 0 Å². The van der Waals surface area contributed by atoms with Gasteiger partial charge in [0.2, 0.25) is 0 Å². The predicted octanol–water partition coefficient (Wildman–Crippen LogP) is 1.75. The molecule has 0 aromatic carbocycles. The number of furan rings is 1. The van der Waals surface area contributed by atoms with Crippen molar-refractivity contribution in [2.24, 2.45) is 0 Å². The molecule has 0 N–H and O–H groups in total. The lowest BCUT2D eigenvalue weighted by Crippen LogP contribution is -2.45. The average molecular weight is 357 g/mol. The fraction of sp³-hybridized carbons (Fsp3) is 0.579. The summed E-state index contributed by atoms with van der Waals surface area (Å²) in [7, 11) is 2.17. The highest BCUT2D eigenvalue weighted by atomic mass is 16.3. The number of likely N-dealkylation sites (N-methyl/N-ethyl adjacent to an activating group) is 1. The van der Waals surface area contributed by atoms with Gasteiger partial charge in [-0.25, -0.2) is 4.98 Å². The number of aryl methyl sites for hydroxylation is 1. The smallest absolute Gasteiger partial charge is 0.290 e. The molecule has 0 saturated carbocycles. The predicted molar refractivity (Wildman–Crippen MR) is 97.9 cm³/mol. The Morgan fingerprint density at radius 1 is 1.19 bits per heavy atom. The van der Waals surface area contributed by atoms with Gasteiger partial charge in [-0.15, -0.1) is 0 Å². The summed E-state index contributed by atoms with van der Waals surface area (Å²) in [6.45, 7) is 10.7. The molecule has 2 aromatic rings. The van der Waals surface area contributed by atoms with E-state index in [0.717, 1.165) is 50.9 Å². The first-order valence-electron chi connectivity index (χ1n) is 9.35. The topological polar surface area (TPSA) is 57.8 Å². The van der Waals surface area contributed by atoms with E-state index in [1.807, 2.05) is 31.0 Å². The summed E-state index contributed by atoms with van der Waals surface area (Å²) in [6, 6.07) is 3.53. The Kier molecular flexibility index (Phi) is 4.58. The number of fused-ring (bicyclic) bond motifs is 1. The van der Waals surface area contributed by atoms with E-state index in [1.54, 1.807) is 6.07 Å². The third-order valence-electron chi connectivity index (χ3n) is 5.57. The van der Waals surface area contributed by atoms with Crippen LogP contribution in [-0.4, -0.2) is 69.9 Å². The lowest BCUT2D eigenvalue weighted by molar-refractivity contribution is 0.0600. The number of imidazole rings is 1. The quantitative estimate of drug-likeness (QED) is 0.838. The molecule has 0 bridgehead atoms. The maximum absolute atomic E-state index is 12.8. The standard InChI is InChI=1S/C19H27N5O2/c1-14-4-5-17(26-14)19(25)23-10-11-24-16(12-20-18(24)15(23)2)13-22-8-6-21(3)7-9-22/h4-5,12,15H,6-11,13H2,1-3H3. The Morgan fingerprint density at radius 2 is 1.96 bits per heavy atom. The van der Waals surface area contributed by atoms with E-state index in [-0.39, 0.29) is 11.9 Å². The van der Waals surface area contributed by atoms with Crippen LogP contribution in [0.3, 0.4) is 0 Å². The van der Waals surface area contributed by atoms with Gasteiger partial charge in [-0.3, -0.25) is 9.69 Å². The van der Waals surface area contributed by atoms with Crippen LogP contribution < -0.4 is 0 Å². The zero-order valence-electron chi connectivity index (χ0n) is 15.8.